The Morgan fingerprint density at radius 1 is 1.10 bits per heavy atom. The smallest absolute Gasteiger partial charge is 0.323 e. The van der Waals surface area contributed by atoms with Crippen LogP contribution in [-0.4, -0.2) is 13.1 Å². The lowest BCUT2D eigenvalue weighted by Gasteiger charge is -2.14. The minimum Gasteiger partial charge on any atom is -0.495 e. The Bertz CT molecular complexity index is 648. The molecule has 0 saturated carbocycles. The predicted molar refractivity (Wildman–Crippen MR) is 89.3 cm³/mol. The largest absolute Gasteiger partial charge is 0.495 e. The fraction of sp³-hybridized carbons (Fsp3) is 0.188. The van der Waals surface area contributed by atoms with Gasteiger partial charge in [0.1, 0.15) is 5.75 Å². The van der Waals surface area contributed by atoms with Gasteiger partial charge in [0.05, 0.1) is 12.8 Å². The Labute approximate surface area is 132 Å². The van der Waals surface area contributed by atoms with Gasteiger partial charge in [-0.1, -0.05) is 28.1 Å². The summed E-state index contributed by atoms with van der Waals surface area (Å²) in [6.07, 6.45) is 0. The predicted octanol–water partition coefficient (Wildman–Crippen LogP) is 4.72. The third-order valence-corrected chi connectivity index (χ3v) is 3.55. The fourth-order valence-electron chi connectivity index (χ4n) is 2.12. The zero-order valence-electron chi connectivity index (χ0n) is 12.2. The van der Waals surface area contributed by atoms with Crippen LogP contribution in [0.1, 0.15) is 11.1 Å². The summed E-state index contributed by atoms with van der Waals surface area (Å²) in [6.45, 7) is 3.91. The lowest BCUT2D eigenvalue weighted by atomic mass is 10.1. The maximum absolute atomic E-state index is 12.1. The maximum atomic E-state index is 12.1. The van der Waals surface area contributed by atoms with Gasteiger partial charge < -0.3 is 15.4 Å². The van der Waals surface area contributed by atoms with E-state index in [-0.39, 0.29) is 6.03 Å². The van der Waals surface area contributed by atoms with Crippen molar-refractivity contribution in [2.45, 2.75) is 13.8 Å². The summed E-state index contributed by atoms with van der Waals surface area (Å²) < 4.78 is 6.20. The monoisotopic (exact) mass is 348 g/mol. The van der Waals surface area contributed by atoms with E-state index in [0.29, 0.717) is 11.4 Å². The molecule has 4 nitrogen and oxygen atoms in total. The molecule has 0 aliphatic carbocycles. The highest BCUT2D eigenvalue weighted by Crippen LogP contribution is 2.26. The van der Waals surface area contributed by atoms with Crippen molar-refractivity contribution in [1.82, 2.24) is 0 Å². The average molecular weight is 349 g/mol. The molecule has 0 aliphatic heterocycles. The molecule has 0 bridgehead atoms. The molecule has 0 fully saturated rings. The molecule has 0 saturated heterocycles. The number of benzene rings is 2. The number of urea groups is 1. The summed E-state index contributed by atoms with van der Waals surface area (Å²) in [5.74, 6) is 0.622. The fourth-order valence-corrected chi connectivity index (χ4v) is 2.81. The molecular weight excluding hydrogens is 332 g/mol. The number of carbonyl (C=O) groups is 1. The van der Waals surface area contributed by atoms with Crippen LogP contribution in [0.5, 0.6) is 5.75 Å². The van der Waals surface area contributed by atoms with Gasteiger partial charge in [-0.05, 0) is 49.2 Å². The normalized spacial score (nSPS) is 10.1. The van der Waals surface area contributed by atoms with Crippen LogP contribution in [0, 0.1) is 13.8 Å². The number of nitrogens with one attached hydrogen (secondary N) is 2. The molecule has 2 aromatic rings. The van der Waals surface area contributed by atoms with Crippen LogP contribution in [0.2, 0.25) is 0 Å². The van der Waals surface area contributed by atoms with E-state index in [1.807, 2.05) is 38.1 Å². The maximum Gasteiger partial charge on any atom is 0.323 e. The van der Waals surface area contributed by atoms with Crippen molar-refractivity contribution in [3.8, 4) is 5.75 Å². The number of hydrogen-bond acceptors (Lipinski definition) is 2. The number of amides is 2. The van der Waals surface area contributed by atoms with Crippen LogP contribution in [0.15, 0.2) is 40.9 Å². The van der Waals surface area contributed by atoms with Gasteiger partial charge >= 0.3 is 6.03 Å². The van der Waals surface area contributed by atoms with Gasteiger partial charge in [-0.3, -0.25) is 0 Å². The van der Waals surface area contributed by atoms with Gasteiger partial charge in [0.15, 0.2) is 0 Å². The number of para-hydroxylation sites is 2. The third-order valence-electron chi connectivity index (χ3n) is 3.09. The average Bonchev–Trinajstić information content (AvgIpc) is 2.43. The highest BCUT2D eigenvalue weighted by molar-refractivity contribution is 9.10. The van der Waals surface area contributed by atoms with Crippen LogP contribution in [-0.2, 0) is 0 Å². The van der Waals surface area contributed by atoms with E-state index < -0.39 is 0 Å². The Morgan fingerprint density at radius 2 is 1.71 bits per heavy atom. The first-order chi connectivity index (χ1) is 10.0. The van der Waals surface area contributed by atoms with Crippen molar-refractivity contribution >= 4 is 33.3 Å². The van der Waals surface area contributed by atoms with Gasteiger partial charge in [-0.15, -0.1) is 0 Å². The zero-order valence-corrected chi connectivity index (χ0v) is 13.7. The van der Waals surface area contributed by atoms with E-state index in [0.717, 1.165) is 21.3 Å². The molecule has 5 heteroatoms. The van der Waals surface area contributed by atoms with Gasteiger partial charge in [0.2, 0.25) is 0 Å². The lowest BCUT2D eigenvalue weighted by molar-refractivity contribution is 0.262. The van der Waals surface area contributed by atoms with Crippen molar-refractivity contribution < 1.29 is 9.53 Å². The number of aryl methyl sites for hydroxylation is 2. The molecule has 0 atom stereocenters. The summed E-state index contributed by atoms with van der Waals surface area (Å²) in [5, 5.41) is 5.67. The topological polar surface area (TPSA) is 50.4 Å². The molecule has 0 aliphatic rings. The van der Waals surface area contributed by atoms with E-state index in [4.69, 9.17) is 4.74 Å². The number of hydrogen-bond donors (Lipinski definition) is 2. The lowest BCUT2D eigenvalue weighted by Crippen LogP contribution is -2.21. The van der Waals surface area contributed by atoms with Gasteiger partial charge in [0, 0.05) is 10.2 Å². The number of ether oxygens (including phenoxy) is 1. The number of halogens is 1. The SMILES string of the molecule is COc1ccccc1NC(=O)Nc1c(C)cc(Br)cc1C. The molecule has 0 spiro atoms. The van der Waals surface area contributed by atoms with Gasteiger partial charge in [-0.25, -0.2) is 4.79 Å². The zero-order chi connectivity index (χ0) is 15.4. The summed E-state index contributed by atoms with van der Waals surface area (Å²) in [7, 11) is 1.57. The van der Waals surface area contributed by atoms with E-state index in [9.17, 15) is 4.79 Å². The van der Waals surface area contributed by atoms with Crippen LogP contribution < -0.4 is 15.4 Å². The molecule has 0 radical (unpaired) electrons. The Kier molecular flexibility index (Phi) is 4.85. The van der Waals surface area contributed by atoms with Crippen molar-refractivity contribution in [3.63, 3.8) is 0 Å². The number of anilines is 2. The molecule has 2 aromatic carbocycles. The highest BCUT2D eigenvalue weighted by Gasteiger charge is 2.10. The molecule has 0 unspecified atom stereocenters. The van der Waals surface area contributed by atoms with E-state index in [2.05, 4.69) is 26.6 Å². The van der Waals surface area contributed by atoms with E-state index >= 15 is 0 Å². The van der Waals surface area contributed by atoms with Crippen molar-refractivity contribution in [2.75, 3.05) is 17.7 Å². The quantitative estimate of drug-likeness (QED) is 0.843. The Morgan fingerprint density at radius 3 is 2.33 bits per heavy atom. The first-order valence-corrected chi connectivity index (χ1v) is 7.28. The second-order valence-electron chi connectivity index (χ2n) is 4.69. The van der Waals surface area contributed by atoms with E-state index in [1.54, 1.807) is 19.2 Å². The highest BCUT2D eigenvalue weighted by atomic mass is 79.9. The standard InChI is InChI=1S/C16H17BrN2O2/c1-10-8-12(17)9-11(2)15(10)19-16(20)18-13-6-4-5-7-14(13)21-3/h4-9H,1-3H3,(H2,18,19,20). The summed E-state index contributed by atoms with van der Waals surface area (Å²) >= 11 is 3.44. The molecule has 2 rings (SSSR count). The minimum absolute atomic E-state index is 0.298. The van der Waals surface area contributed by atoms with Crippen LogP contribution in [0.3, 0.4) is 0 Å². The van der Waals surface area contributed by atoms with Crippen LogP contribution >= 0.6 is 15.9 Å². The van der Waals surface area contributed by atoms with E-state index in [1.165, 1.54) is 0 Å². The van der Waals surface area contributed by atoms with Crippen LogP contribution in [0.25, 0.3) is 0 Å². The van der Waals surface area contributed by atoms with Gasteiger partial charge in [-0.2, -0.15) is 0 Å². The molecule has 21 heavy (non-hydrogen) atoms. The first-order valence-electron chi connectivity index (χ1n) is 6.49. The third kappa shape index (κ3) is 3.76. The minimum atomic E-state index is -0.298. The molecule has 2 amide bonds. The molecular formula is C16H17BrN2O2. The van der Waals surface area contributed by atoms with Crippen molar-refractivity contribution in [2.24, 2.45) is 0 Å². The Hall–Kier alpha value is -2.01. The molecule has 0 aromatic heterocycles. The summed E-state index contributed by atoms with van der Waals surface area (Å²) in [4.78, 5) is 12.1. The Balaban J connectivity index is 2.16. The first kappa shape index (κ1) is 15.4. The summed E-state index contributed by atoms with van der Waals surface area (Å²) in [6, 6.07) is 10.9. The van der Waals surface area contributed by atoms with Crippen molar-refractivity contribution in [1.29, 1.82) is 0 Å². The van der Waals surface area contributed by atoms with Crippen molar-refractivity contribution in [3.05, 3.63) is 52.0 Å². The number of methoxy groups -OCH3 is 1. The number of rotatable bonds is 3. The van der Waals surface area contributed by atoms with Crippen LogP contribution in [0.4, 0.5) is 16.2 Å². The molecule has 0 heterocycles. The summed E-state index contributed by atoms with van der Waals surface area (Å²) in [5.41, 5.74) is 3.43. The second kappa shape index (κ2) is 6.63. The second-order valence-corrected chi connectivity index (χ2v) is 5.61. The molecule has 2 N–H and O–H groups in total. The van der Waals surface area contributed by atoms with Gasteiger partial charge in [0.25, 0.3) is 0 Å². The molecule has 110 valence electrons. The number of carbonyl (C=O) groups excluding carboxylic acids is 1.